The summed E-state index contributed by atoms with van der Waals surface area (Å²) < 4.78 is 0. The molecule has 4 unspecified atom stereocenters. The number of aliphatic hydroxyl groups is 4. The summed E-state index contributed by atoms with van der Waals surface area (Å²) in [6.45, 7) is 2.27. The summed E-state index contributed by atoms with van der Waals surface area (Å²) in [4.78, 5) is 30.5. The zero-order valence-electron chi connectivity index (χ0n) is 20.5. The van der Waals surface area contributed by atoms with E-state index in [4.69, 9.17) is 35.7 Å². The highest BCUT2D eigenvalue weighted by Gasteiger charge is 2.37. The third-order valence-electron chi connectivity index (χ3n) is 5.50. The molecular formula is C24H46O10. The second kappa shape index (κ2) is 23.0. The zero-order chi connectivity index (χ0) is 26.4. The standard InChI is InChI=1S/C18H36O2.C6H10O8/c1-2-3-4-5-6-7-8-9-10-11-12-13-14-15-16-17-18(19)20;7-1(3(9)5(11)12)2(8)4(10)6(13)14/h2-17H2,1H3,(H,19,20);1-4,7-10H,(H,11,12)(H,13,14). The topological polar surface area (TPSA) is 193 Å². The van der Waals surface area contributed by atoms with Crippen LogP contribution >= 0.6 is 0 Å². The summed E-state index contributed by atoms with van der Waals surface area (Å²) in [5.41, 5.74) is 0. The summed E-state index contributed by atoms with van der Waals surface area (Å²) in [6.07, 6.45) is 10.9. The molecule has 0 aromatic rings. The second-order valence-electron chi connectivity index (χ2n) is 8.64. The van der Waals surface area contributed by atoms with Crippen molar-refractivity contribution in [3.63, 3.8) is 0 Å². The molecule has 0 aliphatic rings. The molecule has 0 aliphatic carbocycles. The minimum absolute atomic E-state index is 0.345. The van der Waals surface area contributed by atoms with Crippen LogP contribution in [0, 0.1) is 0 Å². The van der Waals surface area contributed by atoms with E-state index in [1.54, 1.807) is 0 Å². The molecule has 202 valence electrons. The highest BCUT2D eigenvalue weighted by molar-refractivity contribution is 5.75. The molecule has 0 amide bonds. The Hall–Kier alpha value is -1.75. The third kappa shape index (κ3) is 20.8. The van der Waals surface area contributed by atoms with Gasteiger partial charge in [0.15, 0.2) is 12.2 Å². The lowest BCUT2D eigenvalue weighted by Crippen LogP contribution is -2.49. The van der Waals surface area contributed by atoms with Crippen molar-refractivity contribution >= 4 is 17.9 Å². The van der Waals surface area contributed by atoms with Crippen molar-refractivity contribution < 1.29 is 50.1 Å². The van der Waals surface area contributed by atoms with Crippen LogP contribution in [-0.4, -0.2) is 78.1 Å². The Morgan fingerprint density at radius 2 is 0.765 bits per heavy atom. The fraction of sp³-hybridized carbons (Fsp3) is 0.875. The molecule has 0 fully saturated rings. The summed E-state index contributed by atoms with van der Waals surface area (Å²) in [6, 6.07) is 0. The number of carboxylic acid groups (broad SMARTS) is 3. The summed E-state index contributed by atoms with van der Waals surface area (Å²) in [7, 11) is 0. The highest BCUT2D eigenvalue weighted by Crippen LogP contribution is 2.13. The van der Waals surface area contributed by atoms with E-state index in [1.165, 1.54) is 83.5 Å². The van der Waals surface area contributed by atoms with Crippen LogP contribution in [0.1, 0.15) is 110 Å². The van der Waals surface area contributed by atoms with Crippen LogP contribution in [0.25, 0.3) is 0 Å². The molecule has 7 N–H and O–H groups in total. The molecule has 0 aromatic heterocycles. The van der Waals surface area contributed by atoms with Gasteiger partial charge in [-0.1, -0.05) is 96.8 Å². The van der Waals surface area contributed by atoms with Gasteiger partial charge < -0.3 is 35.7 Å². The molecule has 4 atom stereocenters. The van der Waals surface area contributed by atoms with E-state index < -0.39 is 42.3 Å². The van der Waals surface area contributed by atoms with E-state index in [9.17, 15) is 14.4 Å². The number of rotatable bonds is 21. The number of hydrogen-bond acceptors (Lipinski definition) is 7. The van der Waals surface area contributed by atoms with Gasteiger partial charge in [0.25, 0.3) is 0 Å². The molecule has 0 saturated heterocycles. The molecule has 0 bridgehead atoms. The first kappa shape index (κ1) is 34.4. The molecule has 34 heavy (non-hydrogen) atoms. The fourth-order valence-corrected chi connectivity index (χ4v) is 3.31. The summed E-state index contributed by atoms with van der Waals surface area (Å²) >= 11 is 0. The second-order valence-corrected chi connectivity index (χ2v) is 8.64. The van der Waals surface area contributed by atoms with Crippen LogP contribution in [0.2, 0.25) is 0 Å². The maximum absolute atomic E-state index is 10.3. The Labute approximate surface area is 202 Å². The summed E-state index contributed by atoms with van der Waals surface area (Å²) in [5, 5.41) is 60.0. The van der Waals surface area contributed by atoms with Crippen LogP contribution < -0.4 is 0 Å². The molecule has 0 aliphatic heterocycles. The normalized spacial score (nSPS) is 14.4. The van der Waals surface area contributed by atoms with Crippen molar-refractivity contribution in [3.05, 3.63) is 0 Å². The van der Waals surface area contributed by atoms with Crippen molar-refractivity contribution in [1.29, 1.82) is 0 Å². The van der Waals surface area contributed by atoms with Crippen LogP contribution in [0.4, 0.5) is 0 Å². The largest absolute Gasteiger partial charge is 0.481 e. The van der Waals surface area contributed by atoms with Gasteiger partial charge in [-0.05, 0) is 6.42 Å². The molecule has 0 spiro atoms. The average molecular weight is 495 g/mol. The Morgan fingerprint density at radius 1 is 0.500 bits per heavy atom. The smallest absolute Gasteiger partial charge is 0.335 e. The lowest BCUT2D eigenvalue weighted by atomic mass is 10.0. The quantitative estimate of drug-likeness (QED) is 0.117. The van der Waals surface area contributed by atoms with Gasteiger partial charge in [0.1, 0.15) is 12.2 Å². The van der Waals surface area contributed by atoms with Gasteiger partial charge in [-0.2, -0.15) is 0 Å². The van der Waals surface area contributed by atoms with Crippen LogP contribution in [0.5, 0.6) is 0 Å². The van der Waals surface area contributed by atoms with Crippen LogP contribution in [-0.2, 0) is 14.4 Å². The van der Waals surface area contributed by atoms with Gasteiger partial charge in [0, 0.05) is 6.42 Å². The minimum atomic E-state index is -2.36. The van der Waals surface area contributed by atoms with Gasteiger partial charge in [-0.15, -0.1) is 0 Å². The van der Waals surface area contributed by atoms with Gasteiger partial charge in [0.2, 0.25) is 0 Å². The van der Waals surface area contributed by atoms with Crippen molar-refractivity contribution in [2.45, 2.75) is 134 Å². The first-order valence-electron chi connectivity index (χ1n) is 12.5. The third-order valence-corrected chi connectivity index (χ3v) is 5.50. The molecule has 10 heteroatoms. The SMILES string of the molecule is CCCCCCCCCCCCCCCCCC(=O)O.O=C(O)C(O)C(O)C(O)C(O)C(=O)O. The Kier molecular flexibility index (Phi) is 23.3. The van der Waals surface area contributed by atoms with Gasteiger partial charge in [-0.3, -0.25) is 4.79 Å². The number of carboxylic acids is 3. The predicted molar refractivity (Wildman–Crippen MR) is 126 cm³/mol. The Bertz CT molecular complexity index is 502. The molecule has 0 heterocycles. The lowest BCUT2D eigenvalue weighted by molar-refractivity contribution is -0.172. The number of unbranched alkanes of at least 4 members (excludes halogenated alkanes) is 14. The average Bonchev–Trinajstić information content (AvgIpc) is 2.79. The number of hydrogen-bond donors (Lipinski definition) is 7. The molecule has 0 saturated carbocycles. The monoisotopic (exact) mass is 494 g/mol. The Morgan fingerprint density at radius 3 is 1.00 bits per heavy atom. The lowest BCUT2D eigenvalue weighted by Gasteiger charge is -2.21. The van der Waals surface area contributed by atoms with E-state index in [0.717, 1.165) is 12.8 Å². The number of carbonyl (C=O) groups is 3. The molecular weight excluding hydrogens is 448 g/mol. The van der Waals surface area contributed by atoms with Crippen LogP contribution in [0.15, 0.2) is 0 Å². The summed E-state index contributed by atoms with van der Waals surface area (Å²) in [5.74, 6) is -4.33. The van der Waals surface area contributed by atoms with Gasteiger partial charge in [-0.25, -0.2) is 9.59 Å². The molecule has 10 nitrogen and oxygen atoms in total. The van der Waals surface area contributed by atoms with Gasteiger partial charge >= 0.3 is 17.9 Å². The number of aliphatic carboxylic acids is 3. The first-order valence-corrected chi connectivity index (χ1v) is 12.5. The predicted octanol–water partition coefficient (Wildman–Crippen LogP) is 2.93. The first-order chi connectivity index (χ1) is 16.1. The molecule has 0 rings (SSSR count). The van der Waals surface area contributed by atoms with E-state index in [-0.39, 0.29) is 0 Å². The highest BCUT2D eigenvalue weighted by atomic mass is 16.4. The Balaban J connectivity index is 0. The molecule has 0 radical (unpaired) electrons. The number of aliphatic hydroxyl groups excluding tert-OH is 4. The van der Waals surface area contributed by atoms with E-state index in [2.05, 4.69) is 6.92 Å². The zero-order valence-corrected chi connectivity index (χ0v) is 20.5. The van der Waals surface area contributed by atoms with Crippen molar-refractivity contribution in [2.24, 2.45) is 0 Å². The van der Waals surface area contributed by atoms with E-state index in [0.29, 0.717) is 6.42 Å². The minimum Gasteiger partial charge on any atom is -0.481 e. The van der Waals surface area contributed by atoms with Crippen molar-refractivity contribution in [2.75, 3.05) is 0 Å². The van der Waals surface area contributed by atoms with E-state index in [1.807, 2.05) is 0 Å². The van der Waals surface area contributed by atoms with E-state index >= 15 is 0 Å². The van der Waals surface area contributed by atoms with Crippen LogP contribution in [0.3, 0.4) is 0 Å². The van der Waals surface area contributed by atoms with Crippen molar-refractivity contribution in [1.82, 2.24) is 0 Å². The maximum atomic E-state index is 10.3. The fourth-order valence-electron chi connectivity index (χ4n) is 3.31. The molecule has 0 aromatic carbocycles. The van der Waals surface area contributed by atoms with Gasteiger partial charge in [0.05, 0.1) is 0 Å². The van der Waals surface area contributed by atoms with Crippen molar-refractivity contribution in [3.8, 4) is 0 Å². The maximum Gasteiger partial charge on any atom is 0.335 e.